The maximum absolute atomic E-state index is 2.41. The van der Waals surface area contributed by atoms with Crippen molar-refractivity contribution in [1.82, 2.24) is 0 Å². The van der Waals surface area contributed by atoms with Crippen LogP contribution in [0.2, 0.25) is 0 Å². The summed E-state index contributed by atoms with van der Waals surface area (Å²) in [5, 5.41) is 0. The van der Waals surface area contributed by atoms with E-state index >= 15 is 0 Å². The first-order valence-electron chi connectivity index (χ1n) is 13.7. The highest BCUT2D eigenvalue weighted by atomic mass is 14.6. The Bertz CT molecular complexity index is 436. The summed E-state index contributed by atoms with van der Waals surface area (Å²) in [5.74, 6) is 4.41. The van der Waals surface area contributed by atoms with Crippen LogP contribution >= 0.6 is 0 Å². The van der Waals surface area contributed by atoms with E-state index in [-0.39, 0.29) is 0 Å². The van der Waals surface area contributed by atoms with Crippen LogP contribution in [0, 0.1) is 34.5 Å². The first kappa shape index (κ1) is 21.2. The second-order valence-electron chi connectivity index (χ2n) is 12.0. The topological polar surface area (TPSA) is 0 Å². The minimum Gasteiger partial charge on any atom is -0.0654 e. The fourth-order valence-electron chi connectivity index (χ4n) is 8.64. The zero-order chi connectivity index (χ0) is 19.5. The zero-order valence-electron chi connectivity index (χ0n) is 19.5. The minimum absolute atomic E-state index is 0.795. The molecule has 0 heteroatoms. The minimum atomic E-state index is 0.795. The van der Waals surface area contributed by atoms with Crippen LogP contribution < -0.4 is 0 Å². The molecule has 5 fully saturated rings. The fraction of sp³-hybridized carbons (Fsp3) is 1.00. The van der Waals surface area contributed by atoms with Gasteiger partial charge >= 0.3 is 0 Å². The van der Waals surface area contributed by atoms with Crippen molar-refractivity contribution >= 4 is 0 Å². The molecule has 0 aromatic rings. The zero-order valence-corrected chi connectivity index (χ0v) is 19.5. The van der Waals surface area contributed by atoms with Crippen molar-refractivity contribution < 1.29 is 0 Å². The van der Waals surface area contributed by atoms with Crippen molar-refractivity contribution in [1.29, 1.82) is 0 Å². The van der Waals surface area contributed by atoms with E-state index in [1.54, 1.807) is 89.9 Å². The first-order chi connectivity index (χ1) is 13.7. The van der Waals surface area contributed by atoms with Gasteiger partial charge in [-0.1, -0.05) is 58.8 Å². The fourth-order valence-corrected chi connectivity index (χ4v) is 8.64. The first-order valence-corrected chi connectivity index (χ1v) is 13.7. The Balaban J connectivity index is 1.21. The molecule has 5 aliphatic rings. The van der Waals surface area contributed by atoms with Crippen molar-refractivity contribution in [3.05, 3.63) is 0 Å². The molecule has 0 nitrogen and oxygen atoms in total. The lowest BCUT2D eigenvalue weighted by atomic mass is 9.47. The molecule has 0 unspecified atom stereocenters. The average molecular weight is 387 g/mol. The molecule has 0 amide bonds. The molecule has 2 bridgehead atoms. The third-order valence-corrected chi connectivity index (χ3v) is 10.7. The van der Waals surface area contributed by atoms with Crippen molar-refractivity contribution in [3.63, 3.8) is 0 Å². The van der Waals surface area contributed by atoms with Gasteiger partial charge in [-0.25, -0.2) is 0 Å². The summed E-state index contributed by atoms with van der Waals surface area (Å²) in [6.45, 7) is 4.75. The molecule has 0 spiro atoms. The van der Waals surface area contributed by atoms with Crippen molar-refractivity contribution in [2.24, 2.45) is 34.5 Å². The van der Waals surface area contributed by atoms with E-state index in [2.05, 4.69) is 13.8 Å². The van der Waals surface area contributed by atoms with E-state index in [9.17, 15) is 0 Å². The Morgan fingerprint density at radius 3 is 1.71 bits per heavy atom. The van der Waals surface area contributed by atoms with Crippen LogP contribution in [0.25, 0.3) is 0 Å². The van der Waals surface area contributed by atoms with Crippen LogP contribution in [0.15, 0.2) is 0 Å². The predicted octanol–water partition coefficient (Wildman–Crippen LogP) is 9.32. The Morgan fingerprint density at radius 2 is 1.18 bits per heavy atom. The number of unbranched alkanes of at least 4 members (excludes halogenated alkanes) is 2. The molecule has 28 heavy (non-hydrogen) atoms. The lowest BCUT2D eigenvalue weighted by molar-refractivity contribution is -0.0674. The molecule has 5 rings (SSSR count). The third kappa shape index (κ3) is 4.51. The number of hydrogen-bond acceptors (Lipinski definition) is 0. The highest BCUT2D eigenvalue weighted by Gasteiger charge is 2.51. The Labute approximate surface area is 177 Å². The van der Waals surface area contributed by atoms with Gasteiger partial charge in [0, 0.05) is 0 Å². The Morgan fingerprint density at radius 1 is 0.607 bits per heavy atom. The molecule has 0 aromatic heterocycles. The molecule has 0 radical (unpaired) electrons. The Kier molecular flexibility index (Phi) is 7.15. The maximum atomic E-state index is 2.41. The van der Waals surface area contributed by atoms with Gasteiger partial charge in [0.1, 0.15) is 0 Å². The molecular weight excluding hydrogens is 336 g/mol. The van der Waals surface area contributed by atoms with Crippen LogP contribution in [0.4, 0.5) is 0 Å². The summed E-state index contributed by atoms with van der Waals surface area (Å²) in [6, 6.07) is 0. The Hall–Kier alpha value is 0. The van der Waals surface area contributed by atoms with Gasteiger partial charge in [-0.3, -0.25) is 0 Å². The molecule has 0 heterocycles. The molecule has 5 saturated carbocycles. The van der Waals surface area contributed by atoms with Crippen LogP contribution in [0.3, 0.4) is 0 Å². The van der Waals surface area contributed by atoms with Crippen molar-refractivity contribution in [2.75, 3.05) is 0 Å². The second-order valence-corrected chi connectivity index (χ2v) is 12.0. The van der Waals surface area contributed by atoms with Gasteiger partial charge in [-0.05, 0) is 118 Å². The van der Waals surface area contributed by atoms with E-state index in [4.69, 9.17) is 0 Å². The average Bonchev–Trinajstić information content (AvgIpc) is 2.76. The lowest BCUT2D eigenvalue weighted by Crippen LogP contribution is -2.46. The summed E-state index contributed by atoms with van der Waals surface area (Å²) < 4.78 is 0. The summed E-state index contributed by atoms with van der Waals surface area (Å²) in [4.78, 5) is 0. The predicted molar refractivity (Wildman–Crippen MR) is 123 cm³/mol. The van der Waals surface area contributed by atoms with Gasteiger partial charge in [-0.2, -0.15) is 0 Å². The second kappa shape index (κ2) is 9.43. The monoisotopic (exact) mass is 386 g/mol. The summed E-state index contributed by atoms with van der Waals surface area (Å²) >= 11 is 0. The SMILES string of the molecule is CCCCC[C@H]1CC[C@H]([C@H]2CC[C@H](C34CCC(CCC)(CC3)CC4)CC2)CC1. The van der Waals surface area contributed by atoms with E-state index in [1.165, 1.54) is 38.5 Å². The molecule has 0 aromatic carbocycles. The summed E-state index contributed by atoms with van der Waals surface area (Å²) in [5.41, 5.74) is 1.60. The van der Waals surface area contributed by atoms with Gasteiger partial charge < -0.3 is 0 Å². The number of fused-ring (bicyclic) bond motifs is 3. The molecule has 5 aliphatic carbocycles. The standard InChI is InChI=1S/C28H50/c1-3-5-6-7-23-8-10-24(11-9-23)25-12-14-26(15-13-25)28-20-17-27(16-4-2,18-21-28)19-22-28/h23-26H,3-22H2,1-2H3/t23-,24-,25-,26-,27?,28?. The highest BCUT2D eigenvalue weighted by Crippen LogP contribution is 2.63. The van der Waals surface area contributed by atoms with Gasteiger partial charge in [0.05, 0.1) is 0 Å². The van der Waals surface area contributed by atoms with Crippen LogP contribution in [-0.2, 0) is 0 Å². The van der Waals surface area contributed by atoms with Crippen LogP contribution in [0.5, 0.6) is 0 Å². The molecule has 162 valence electrons. The number of hydrogen-bond donors (Lipinski definition) is 0. The molecule has 0 saturated heterocycles. The lowest BCUT2D eigenvalue weighted by Gasteiger charge is -2.58. The molecule has 0 N–H and O–H groups in total. The van der Waals surface area contributed by atoms with E-state index < -0.39 is 0 Å². The largest absolute Gasteiger partial charge is 0.0654 e. The smallest absolute Gasteiger partial charge is 0.0269 e. The van der Waals surface area contributed by atoms with Gasteiger partial charge in [0.2, 0.25) is 0 Å². The normalized spacial score (nSPS) is 43.9. The van der Waals surface area contributed by atoms with Crippen LogP contribution in [-0.4, -0.2) is 0 Å². The van der Waals surface area contributed by atoms with Gasteiger partial charge in [-0.15, -0.1) is 0 Å². The third-order valence-electron chi connectivity index (χ3n) is 10.7. The van der Waals surface area contributed by atoms with E-state index in [1.807, 2.05) is 0 Å². The number of rotatable bonds is 8. The molecule has 0 aliphatic heterocycles. The summed E-state index contributed by atoms with van der Waals surface area (Å²) in [6.07, 6.45) is 31.1. The van der Waals surface area contributed by atoms with Gasteiger partial charge in [0.15, 0.2) is 0 Å². The van der Waals surface area contributed by atoms with E-state index in [0.29, 0.717) is 0 Å². The molecule has 0 atom stereocenters. The quantitative estimate of drug-likeness (QED) is 0.364. The van der Waals surface area contributed by atoms with Crippen LogP contribution in [0.1, 0.15) is 142 Å². The van der Waals surface area contributed by atoms with Crippen molar-refractivity contribution in [2.45, 2.75) is 142 Å². The van der Waals surface area contributed by atoms with E-state index in [0.717, 1.165) is 34.5 Å². The molecular formula is C28H50. The summed E-state index contributed by atoms with van der Waals surface area (Å²) in [7, 11) is 0. The highest BCUT2D eigenvalue weighted by molar-refractivity contribution is 5.02. The maximum Gasteiger partial charge on any atom is -0.0269 e. The van der Waals surface area contributed by atoms with Crippen molar-refractivity contribution in [3.8, 4) is 0 Å². The van der Waals surface area contributed by atoms with Gasteiger partial charge in [0.25, 0.3) is 0 Å².